The molecule has 1 aliphatic rings. The van der Waals surface area contributed by atoms with E-state index in [0.717, 1.165) is 29.8 Å². The molecule has 0 saturated carbocycles. The molecule has 4 heteroatoms. The van der Waals surface area contributed by atoms with E-state index < -0.39 is 0 Å². The summed E-state index contributed by atoms with van der Waals surface area (Å²) in [6.45, 7) is 4.19. The summed E-state index contributed by atoms with van der Waals surface area (Å²) in [6.07, 6.45) is 2.98. The third-order valence-corrected chi connectivity index (χ3v) is 3.52. The van der Waals surface area contributed by atoms with Crippen molar-refractivity contribution in [3.8, 4) is 0 Å². The molecule has 0 radical (unpaired) electrons. The van der Waals surface area contributed by atoms with Crippen LogP contribution >= 0.6 is 15.9 Å². The van der Waals surface area contributed by atoms with E-state index >= 15 is 0 Å². The Labute approximate surface area is 98.8 Å². The first-order valence-corrected chi connectivity index (χ1v) is 6.08. The number of hydrogen-bond donors (Lipinski definition) is 1. The first-order chi connectivity index (χ1) is 7.16. The monoisotopic (exact) mass is 269 g/mol. The molecule has 1 aromatic rings. The third-order valence-electron chi connectivity index (χ3n) is 3.05. The molecular formula is C11H16BrN3. The molecule has 2 rings (SSSR count). The average Bonchev–Trinajstić information content (AvgIpc) is 2.23. The molecule has 1 aliphatic heterocycles. The number of piperidine rings is 1. The van der Waals surface area contributed by atoms with Gasteiger partial charge in [0, 0.05) is 29.8 Å². The second-order valence-electron chi connectivity index (χ2n) is 4.21. The molecule has 0 aromatic carbocycles. The zero-order valence-electron chi connectivity index (χ0n) is 8.86. The lowest BCUT2D eigenvalue weighted by atomic mass is 9.94. The molecule has 82 valence electrons. The van der Waals surface area contributed by atoms with Crippen molar-refractivity contribution in [2.24, 2.45) is 11.7 Å². The van der Waals surface area contributed by atoms with Crippen LogP contribution in [0.2, 0.25) is 0 Å². The Bertz CT molecular complexity index is 325. The lowest BCUT2D eigenvalue weighted by molar-refractivity contribution is 0.378. The molecule has 0 aliphatic carbocycles. The highest BCUT2D eigenvalue weighted by molar-refractivity contribution is 9.10. The van der Waals surface area contributed by atoms with Crippen molar-refractivity contribution < 1.29 is 0 Å². The van der Waals surface area contributed by atoms with Gasteiger partial charge in [-0.25, -0.2) is 4.98 Å². The van der Waals surface area contributed by atoms with Gasteiger partial charge >= 0.3 is 0 Å². The molecule has 2 N–H and O–H groups in total. The van der Waals surface area contributed by atoms with Crippen LogP contribution in [0.25, 0.3) is 0 Å². The summed E-state index contributed by atoms with van der Waals surface area (Å²) >= 11 is 3.39. The molecule has 0 spiro atoms. The lowest BCUT2D eigenvalue weighted by Gasteiger charge is -2.35. The third kappa shape index (κ3) is 2.49. The molecule has 0 bridgehead atoms. The van der Waals surface area contributed by atoms with Crippen LogP contribution in [0.5, 0.6) is 0 Å². The number of rotatable bonds is 1. The Morgan fingerprint density at radius 3 is 2.93 bits per heavy atom. The number of nitrogens with zero attached hydrogens (tertiary/aromatic N) is 2. The summed E-state index contributed by atoms with van der Waals surface area (Å²) in [5.41, 5.74) is 6.06. The molecular weight excluding hydrogens is 254 g/mol. The quantitative estimate of drug-likeness (QED) is 0.848. The van der Waals surface area contributed by atoms with Crippen LogP contribution in [0.15, 0.2) is 22.8 Å². The van der Waals surface area contributed by atoms with E-state index in [0.29, 0.717) is 5.92 Å². The maximum absolute atomic E-state index is 6.06. The molecule has 2 heterocycles. The van der Waals surface area contributed by atoms with E-state index in [4.69, 9.17) is 5.73 Å². The van der Waals surface area contributed by atoms with Gasteiger partial charge in [0.2, 0.25) is 0 Å². The Morgan fingerprint density at radius 1 is 1.53 bits per heavy atom. The van der Waals surface area contributed by atoms with Gasteiger partial charge in [-0.2, -0.15) is 0 Å². The summed E-state index contributed by atoms with van der Waals surface area (Å²) in [4.78, 5) is 6.65. The van der Waals surface area contributed by atoms with Crippen LogP contribution in [0.4, 0.5) is 5.82 Å². The van der Waals surface area contributed by atoms with E-state index in [1.807, 2.05) is 18.3 Å². The normalized spacial score (nSPS) is 26.7. The molecule has 0 amide bonds. The Hall–Kier alpha value is -0.610. The molecule has 1 saturated heterocycles. The fourth-order valence-electron chi connectivity index (χ4n) is 1.86. The van der Waals surface area contributed by atoms with Crippen LogP contribution in [0, 0.1) is 5.92 Å². The summed E-state index contributed by atoms with van der Waals surface area (Å²) in [5.74, 6) is 1.65. The van der Waals surface area contributed by atoms with E-state index in [2.05, 4.69) is 32.7 Å². The summed E-state index contributed by atoms with van der Waals surface area (Å²) in [5, 5.41) is 0. The van der Waals surface area contributed by atoms with Gasteiger partial charge in [-0.3, -0.25) is 0 Å². The number of hydrogen-bond acceptors (Lipinski definition) is 3. The Balaban J connectivity index is 2.08. The molecule has 15 heavy (non-hydrogen) atoms. The summed E-state index contributed by atoms with van der Waals surface area (Å²) < 4.78 is 1.01. The smallest absolute Gasteiger partial charge is 0.128 e. The molecule has 1 fully saturated rings. The topological polar surface area (TPSA) is 42.2 Å². The van der Waals surface area contributed by atoms with Gasteiger partial charge in [0.15, 0.2) is 0 Å². The number of aromatic nitrogens is 1. The highest BCUT2D eigenvalue weighted by Crippen LogP contribution is 2.21. The first-order valence-electron chi connectivity index (χ1n) is 5.29. The largest absolute Gasteiger partial charge is 0.355 e. The molecule has 1 aromatic heterocycles. The van der Waals surface area contributed by atoms with Gasteiger partial charge in [0.25, 0.3) is 0 Å². The van der Waals surface area contributed by atoms with Crippen molar-refractivity contribution in [3.63, 3.8) is 0 Å². The van der Waals surface area contributed by atoms with E-state index in [9.17, 15) is 0 Å². The molecule has 2 atom stereocenters. The van der Waals surface area contributed by atoms with Crippen LogP contribution in [0.3, 0.4) is 0 Å². The van der Waals surface area contributed by atoms with Crippen molar-refractivity contribution in [2.75, 3.05) is 18.0 Å². The Kier molecular flexibility index (Phi) is 3.26. The van der Waals surface area contributed by atoms with E-state index in [1.54, 1.807) is 0 Å². The van der Waals surface area contributed by atoms with Gasteiger partial charge in [-0.1, -0.05) is 6.92 Å². The number of halogens is 1. The van der Waals surface area contributed by atoms with E-state index in [-0.39, 0.29) is 6.04 Å². The number of pyridine rings is 1. The van der Waals surface area contributed by atoms with E-state index in [1.165, 1.54) is 0 Å². The zero-order chi connectivity index (χ0) is 10.8. The fourth-order valence-corrected chi connectivity index (χ4v) is 2.10. The lowest BCUT2D eigenvalue weighted by Crippen LogP contribution is -2.47. The fraction of sp³-hybridized carbons (Fsp3) is 0.545. The predicted octanol–water partition coefficient (Wildman–Crippen LogP) is 2.02. The second kappa shape index (κ2) is 4.49. The minimum absolute atomic E-state index is 0.268. The second-order valence-corrected chi connectivity index (χ2v) is 5.13. The predicted molar refractivity (Wildman–Crippen MR) is 65.9 cm³/mol. The van der Waals surface area contributed by atoms with Crippen molar-refractivity contribution >= 4 is 21.7 Å². The highest BCUT2D eigenvalue weighted by Gasteiger charge is 2.23. The van der Waals surface area contributed by atoms with Crippen LogP contribution in [-0.2, 0) is 0 Å². The molecule has 3 nitrogen and oxygen atoms in total. The highest BCUT2D eigenvalue weighted by atomic mass is 79.9. The number of anilines is 1. The maximum atomic E-state index is 6.06. The van der Waals surface area contributed by atoms with Crippen molar-refractivity contribution in [1.29, 1.82) is 0 Å². The zero-order valence-corrected chi connectivity index (χ0v) is 10.4. The van der Waals surface area contributed by atoms with Gasteiger partial charge in [0.05, 0.1) is 0 Å². The van der Waals surface area contributed by atoms with Crippen molar-refractivity contribution in [2.45, 2.75) is 19.4 Å². The first kappa shape index (κ1) is 10.9. The van der Waals surface area contributed by atoms with Crippen molar-refractivity contribution in [1.82, 2.24) is 4.98 Å². The SMILES string of the molecule is CC1CCN(c2ccc(Br)cn2)CC1N. The Morgan fingerprint density at radius 2 is 2.33 bits per heavy atom. The van der Waals surface area contributed by atoms with Gasteiger partial charge in [-0.15, -0.1) is 0 Å². The van der Waals surface area contributed by atoms with Gasteiger partial charge < -0.3 is 10.6 Å². The standard InChI is InChI=1S/C11H16BrN3/c1-8-4-5-15(7-10(8)13)11-3-2-9(12)6-14-11/h2-3,6,8,10H,4-5,7,13H2,1H3. The van der Waals surface area contributed by atoms with Gasteiger partial charge in [0.1, 0.15) is 5.82 Å². The summed E-state index contributed by atoms with van der Waals surface area (Å²) in [7, 11) is 0. The molecule has 2 unspecified atom stereocenters. The van der Waals surface area contributed by atoms with Gasteiger partial charge in [-0.05, 0) is 40.4 Å². The van der Waals surface area contributed by atoms with Crippen LogP contribution in [0.1, 0.15) is 13.3 Å². The summed E-state index contributed by atoms with van der Waals surface area (Å²) in [6, 6.07) is 4.32. The number of nitrogens with two attached hydrogens (primary N) is 1. The average molecular weight is 270 g/mol. The maximum Gasteiger partial charge on any atom is 0.128 e. The minimum atomic E-state index is 0.268. The van der Waals surface area contributed by atoms with Crippen LogP contribution < -0.4 is 10.6 Å². The van der Waals surface area contributed by atoms with Crippen LogP contribution in [-0.4, -0.2) is 24.1 Å². The minimum Gasteiger partial charge on any atom is -0.355 e. The van der Waals surface area contributed by atoms with Crippen molar-refractivity contribution in [3.05, 3.63) is 22.8 Å².